The van der Waals surface area contributed by atoms with Gasteiger partial charge in [0.15, 0.2) is 5.43 Å². The number of piperidine rings is 1. The summed E-state index contributed by atoms with van der Waals surface area (Å²) in [5.41, 5.74) is 1.68. The normalized spacial score (nSPS) is 18.0. The Kier molecular flexibility index (Phi) is 4.04. The molecule has 1 fully saturated rings. The number of carbonyl (C=O) groups excluding carboxylic acids is 1. The summed E-state index contributed by atoms with van der Waals surface area (Å²) in [7, 11) is 0. The van der Waals surface area contributed by atoms with Gasteiger partial charge in [0.25, 0.3) is 0 Å². The second kappa shape index (κ2) is 6.36. The fourth-order valence-corrected chi connectivity index (χ4v) is 3.94. The number of hydrogen-bond donors (Lipinski definition) is 0. The summed E-state index contributed by atoms with van der Waals surface area (Å²) in [6, 6.07) is 15.4. The van der Waals surface area contributed by atoms with Crippen molar-refractivity contribution in [2.24, 2.45) is 0 Å². The number of nitrogens with zero attached hydrogens (tertiary/aromatic N) is 2. The zero-order chi connectivity index (χ0) is 17.4. The van der Waals surface area contributed by atoms with Crippen LogP contribution < -0.4 is 5.43 Å². The van der Waals surface area contributed by atoms with Gasteiger partial charge in [-0.05, 0) is 50.5 Å². The van der Waals surface area contributed by atoms with Gasteiger partial charge in [0.1, 0.15) is 6.54 Å². The van der Waals surface area contributed by atoms with Gasteiger partial charge in [-0.25, -0.2) is 0 Å². The molecule has 2 aromatic carbocycles. The lowest BCUT2D eigenvalue weighted by molar-refractivity contribution is -0.134. The number of carbonyl (C=O) groups is 1. The molecule has 1 saturated heterocycles. The van der Waals surface area contributed by atoms with E-state index in [-0.39, 0.29) is 23.9 Å². The topological polar surface area (TPSA) is 42.3 Å². The van der Waals surface area contributed by atoms with Gasteiger partial charge in [-0.2, -0.15) is 0 Å². The Morgan fingerprint density at radius 3 is 2.20 bits per heavy atom. The summed E-state index contributed by atoms with van der Waals surface area (Å²) < 4.78 is 2.00. The number of rotatable bonds is 2. The number of amides is 1. The Balaban J connectivity index is 1.86. The number of aromatic nitrogens is 1. The molecule has 0 aliphatic carbocycles. The van der Waals surface area contributed by atoms with Crippen molar-refractivity contribution in [3.63, 3.8) is 0 Å². The van der Waals surface area contributed by atoms with Crippen molar-refractivity contribution in [1.82, 2.24) is 9.47 Å². The average Bonchev–Trinajstić information content (AvgIpc) is 2.65. The smallest absolute Gasteiger partial charge is 0.242 e. The van der Waals surface area contributed by atoms with E-state index in [2.05, 4.69) is 6.92 Å². The maximum atomic E-state index is 13.0. The van der Waals surface area contributed by atoms with Gasteiger partial charge in [-0.3, -0.25) is 9.59 Å². The van der Waals surface area contributed by atoms with E-state index in [0.29, 0.717) is 10.8 Å². The van der Waals surface area contributed by atoms with Crippen LogP contribution in [0.4, 0.5) is 0 Å². The van der Waals surface area contributed by atoms with E-state index in [9.17, 15) is 9.59 Å². The highest BCUT2D eigenvalue weighted by atomic mass is 16.2. The molecule has 2 heterocycles. The van der Waals surface area contributed by atoms with Gasteiger partial charge >= 0.3 is 0 Å². The first-order valence-corrected chi connectivity index (χ1v) is 8.96. The van der Waals surface area contributed by atoms with Crippen LogP contribution in [0.3, 0.4) is 0 Å². The molecule has 3 aromatic rings. The van der Waals surface area contributed by atoms with E-state index >= 15 is 0 Å². The van der Waals surface area contributed by atoms with Crippen LogP contribution in [0, 0.1) is 0 Å². The van der Waals surface area contributed by atoms with Crippen molar-refractivity contribution >= 4 is 27.7 Å². The van der Waals surface area contributed by atoms with Gasteiger partial charge in [-0.15, -0.1) is 0 Å². The molecule has 1 atom stereocenters. The van der Waals surface area contributed by atoms with Crippen molar-refractivity contribution in [3.05, 3.63) is 58.8 Å². The Labute approximate surface area is 146 Å². The number of likely N-dealkylation sites (tertiary alicyclic amines) is 1. The minimum absolute atomic E-state index is 0.0289. The van der Waals surface area contributed by atoms with Crippen molar-refractivity contribution in [2.75, 3.05) is 6.54 Å². The predicted octanol–water partition coefficient (Wildman–Crippen LogP) is 3.56. The number of benzene rings is 2. The molecule has 128 valence electrons. The van der Waals surface area contributed by atoms with E-state index in [1.165, 1.54) is 6.42 Å². The van der Waals surface area contributed by atoms with Gasteiger partial charge in [0.05, 0.1) is 11.0 Å². The molecule has 1 unspecified atom stereocenters. The van der Waals surface area contributed by atoms with Crippen LogP contribution in [0.1, 0.15) is 26.2 Å². The van der Waals surface area contributed by atoms with Gasteiger partial charge in [-0.1, -0.05) is 24.3 Å². The molecule has 25 heavy (non-hydrogen) atoms. The molecular weight excluding hydrogens is 312 g/mol. The lowest BCUT2D eigenvalue weighted by Gasteiger charge is -2.34. The van der Waals surface area contributed by atoms with Gasteiger partial charge < -0.3 is 9.47 Å². The number of para-hydroxylation sites is 2. The number of fused-ring (bicyclic) bond motifs is 2. The largest absolute Gasteiger partial charge is 0.338 e. The van der Waals surface area contributed by atoms with Gasteiger partial charge in [0.2, 0.25) is 5.91 Å². The molecule has 1 amide bonds. The van der Waals surface area contributed by atoms with E-state index in [1.54, 1.807) is 0 Å². The van der Waals surface area contributed by atoms with Crippen molar-refractivity contribution in [2.45, 2.75) is 38.8 Å². The van der Waals surface area contributed by atoms with Crippen molar-refractivity contribution < 1.29 is 4.79 Å². The first kappa shape index (κ1) is 15.9. The quantitative estimate of drug-likeness (QED) is 0.673. The summed E-state index contributed by atoms with van der Waals surface area (Å²) in [6.45, 7) is 3.22. The fourth-order valence-electron chi connectivity index (χ4n) is 3.94. The summed E-state index contributed by atoms with van der Waals surface area (Å²) in [5.74, 6) is 0.131. The minimum atomic E-state index is 0.0289. The first-order chi connectivity index (χ1) is 12.2. The van der Waals surface area contributed by atoms with Crippen LogP contribution in [0.25, 0.3) is 21.8 Å². The van der Waals surface area contributed by atoms with E-state index in [4.69, 9.17) is 0 Å². The predicted molar refractivity (Wildman–Crippen MR) is 101 cm³/mol. The summed E-state index contributed by atoms with van der Waals surface area (Å²) in [4.78, 5) is 27.7. The monoisotopic (exact) mass is 334 g/mol. The lowest BCUT2D eigenvalue weighted by Crippen LogP contribution is -2.43. The Bertz CT molecular complexity index is 946. The van der Waals surface area contributed by atoms with E-state index < -0.39 is 0 Å². The highest BCUT2D eigenvalue weighted by molar-refractivity contribution is 5.94. The standard InChI is InChI=1S/C21H22N2O2/c1-15-8-6-7-13-22(15)20(24)14-23-18-11-4-2-9-16(18)21(25)17-10-3-5-12-19(17)23/h2-5,9-12,15H,6-8,13-14H2,1H3. The molecule has 1 aliphatic rings. The van der Waals surface area contributed by atoms with E-state index in [0.717, 1.165) is 30.4 Å². The zero-order valence-corrected chi connectivity index (χ0v) is 14.4. The third-order valence-corrected chi connectivity index (χ3v) is 5.30. The zero-order valence-electron chi connectivity index (χ0n) is 14.4. The molecule has 4 heteroatoms. The minimum Gasteiger partial charge on any atom is -0.338 e. The third-order valence-electron chi connectivity index (χ3n) is 5.30. The molecule has 0 spiro atoms. The van der Waals surface area contributed by atoms with E-state index in [1.807, 2.05) is 58.0 Å². The molecule has 0 radical (unpaired) electrons. The third kappa shape index (κ3) is 2.72. The number of pyridine rings is 1. The lowest BCUT2D eigenvalue weighted by atomic mass is 10.0. The highest BCUT2D eigenvalue weighted by Crippen LogP contribution is 2.21. The maximum Gasteiger partial charge on any atom is 0.242 e. The second-order valence-corrected chi connectivity index (χ2v) is 6.88. The SMILES string of the molecule is CC1CCCCN1C(=O)Cn1c2ccccc2c(=O)c2ccccc21. The Hall–Kier alpha value is -2.62. The summed E-state index contributed by atoms with van der Waals surface area (Å²) in [5, 5.41) is 1.33. The van der Waals surface area contributed by atoms with Crippen molar-refractivity contribution in [1.29, 1.82) is 0 Å². The van der Waals surface area contributed by atoms with Crippen LogP contribution in [0.5, 0.6) is 0 Å². The van der Waals surface area contributed by atoms with Crippen LogP contribution in [0.2, 0.25) is 0 Å². The molecule has 0 bridgehead atoms. The van der Waals surface area contributed by atoms with Crippen LogP contribution in [0.15, 0.2) is 53.3 Å². The molecule has 1 aliphatic heterocycles. The average molecular weight is 334 g/mol. The molecular formula is C21H22N2O2. The number of hydrogen-bond acceptors (Lipinski definition) is 2. The molecule has 1 aromatic heterocycles. The van der Waals surface area contributed by atoms with Crippen LogP contribution in [-0.2, 0) is 11.3 Å². The maximum absolute atomic E-state index is 13.0. The van der Waals surface area contributed by atoms with Crippen molar-refractivity contribution in [3.8, 4) is 0 Å². The molecule has 4 rings (SSSR count). The second-order valence-electron chi connectivity index (χ2n) is 6.88. The Morgan fingerprint density at radius 2 is 1.60 bits per heavy atom. The fraction of sp³-hybridized carbons (Fsp3) is 0.333. The van der Waals surface area contributed by atoms with Crippen LogP contribution >= 0.6 is 0 Å². The molecule has 0 N–H and O–H groups in total. The molecule has 4 nitrogen and oxygen atoms in total. The van der Waals surface area contributed by atoms with Crippen LogP contribution in [-0.4, -0.2) is 28.0 Å². The summed E-state index contributed by atoms with van der Waals surface area (Å²) in [6.07, 6.45) is 3.33. The van der Waals surface area contributed by atoms with Gasteiger partial charge in [0, 0.05) is 23.4 Å². The Morgan fingerprint density at radius 1 is 1.00 bits per heavy atom. The summed E-state index contributed by atoms with van der Waals surface area (Å²) >= 11 is 0. The highest BCUT2D eigenvalue weighted by Gasteiger charge is 2.24. The molecule has 0 saturated carbocycles. The first-order valence-electron chi connectivity index (χ1n) is 8.96.